The van der Waals surface area contributed by atoms with Crippen LogP contribution < -0.4 is 11.1 Å². The summed E-state index contributed by atoms with van der Waals surface area (Å²) in [4.78, 5) is 25.9. The lowest BCUT2D eigenvalue weighted by atomic mass is 9.88. The Bertz CT molecular complexity index is 587. The molecule has 3 rings (SSSR count). The predicted molar refractivity (Wildman–Crippen MR) is 88.7 cm³/mol. The first kappa shape index (κ1) is 16.0. The maximum absolute atomic E-state index is 12.5. The quantitative estimate of drug-likeness (QED) is 0.884. The monoisotopic (exact) mass is 315 g/mol. The Morgan fingerprint density at radius 3 is 2.83 bits per heavy atom. The van der Waals surface area contributed by atoms with Gasteiger partial charge in [-0.2, -0.15) is 0 Å². The normalized spacial score (nSPS) is 24.7. The van der Waals surface area contributed by atoms with E-state index in [2.05, 4.69) is 17.4 Å². The Morgan fingerprint density at radius 1 is 1.17 bits per heavy atom. The highest BCUT2D eigenvalue weighted by Gasteiger charge is 2.29. The van der Waals surface area contributed by atoms with Gasteiger partial charge >= 0.3 is 0 Å². The van der Waals surface area contributed by atoms with E-state index in [0.29, 0.717) is 0 Å². The molecule has 1 aliphatic carbocycles. The van der Waals surface area contributed by atoms with Crippen LogP contribution in [0.4, 0.5) is 0 Å². The molecule has 2 aliphatic rings. The van der Waals surface area contributed by atoms with Crippen LogP contribution in [0.2, 0.25) is 0 Å². The fourth-order valence-electron chi connectivity index (χ4n) is 3.83. The zero-order valence-electron chi connectivity index (χ0n) is 13.5. The van der Waals surface area contributed by atoms with Gasteiger partial charge in [-0.15, -0.1) is 0 Å². The number of carbonyl (C=O) groups excluding carboxylic acids is 2. The number of nitrogens with one attached hydrogen (secondary N) is 1. The summed E-state index contributed by atoms with van der Waals surface area (Å²) in [5.41, 5.74) is 8.03. The second-order valence-corrected chi connectivity index (χ2v) is 6.60. The molecule has 124 valence electrons. The summed E-state index contributed by atoms with van der Waals surface area (Å²) in [6, 6.07) is 8.11. The van der Waals surface area contributed by atoms with Gasteiger partial charge < -0.3 is 11.1 Å². The maximum Gasteiger partial charge on any atom is 0.234 e. The minimum Gasteiger partial charge on any atom is -0.368 e. The molecular formula is C18H25N3O2. The van der Waals surface area contributed by atoms with Gasteiger partial charge in [0.2, 0.25) is 11.8 Å². The zero-order valence-corrected chi connectivity index (χ0v) is 13.5. The maximum atomic E-state index is 12.5. The number of fused-ring (bicyclic) bond motifs is 1. The molecule has 0 bridgehead atoms. The first-order valence-corrected chi connectivity index (χ1v) is 8.55. The largest absolute Gasteiger partial charge is 0.368 e. The van der Waals surface area contributed by atoms with Gasteiger partial charge in [0.1, 0.15) is 0 Å². The Labute approximate surface area is 137 Å². The highest BCUT2D eigenvalue weighted by molar-refractivity contribution is 5.82. The molecule has 2 amide bonds. The zero-order chi connectivity index (χ0) is 16.2. The fourth-order valence-corrected chi connectivity index (χ4v) is 3.83. The van der Waals surface area contributed by atoms with Crippen molar-refractivity contribution in [3.63, 3.8) is 0 Å². The van der Waals surface area contributed by atoms with Crippen molar-refractivity contribution in [2.24, 2.45) is 5.73 Å². The van der Waals surface area contributed by atoms with Crippen LogP contribution >= 0.6 is 0 Å². The second-order valence-electron chi connectivity index (χ2n) is 6.60. The molecule has 1 aromatic carbocycles. The number of nitrogens with two attached hydrogens (primary N) is 1. The Morgan fingerprint density at radius 2 is 2.00 bits per heavy atom. The average molecular weight is 315 g/mol. The average Bonchev–Trinajstić information content (AvgIpc) is 2.55. The van der Waals surface area contributed by atoms with E-state index in [1.165, 1.54) is 11.1 Å². The van der Waals surface area contributed by atoms with E-state index < -0.39 is 0 Å². The molecule has 1 aliphatic heterocycles. The van der Waals surface area contributed by atoms with Crippen molar-refractivity contribution in [3.05, 3.63) is 35.4 Å². The third-order valence-electron chi connectivity index (χ3n) is 4.99. The SMILES string of the molecule is NC(=O)[C@H]1CCCCN1CC(=O)N[C@H]1CCCc2ccccc21. The van der Waals surface area contributed by atoms with Crippen LogP contribution in [-0.4, -0.2) is 35.8 Å². The number of likely N-dealkylation sites (tertiary alicyclic amines) is 1. The summed E-state index contributed by atoms with van der Waals surface area (Å²) in [6.07, 6.45) is 5.93. The van der Waals surface area contributed by atoms with Crippen LogP contribution in [0.3, 0.4) is 0 Å². The molecule has 0 unspecified atom stereocenters. The summed E-state index contributed by atoms with van der Waals surface area (Å²) in [7, 11) is 0. The number of amides is 2. The highest BCUT2D eigenvalue weighted by atomic mass is 16.2. The smallest absolute Gasteiger partial charge is 0.234 e. The number of benzene rings is 1. The predicted octanol–water partition coefficient (Wildman–Crippen LogP) is 1.52. The van der Waals surface area contributed by atoms with Crippen molar-refractivity contribution in [2.45, 2.75) is 50.6 Å². The fraction of sp³-hybridized carbons (Fsp3) is 0.556. The minimum absolute atomic E-state index is 0.0140. The molecule has 1 saturated heterocycles. The first-order valence-electron chi connectivity index (χ1n) is 8.55. The van der Waals surface area contributed by atoms with Gasteiger partial charge in [-0.3, -0.25) is 14.5 Å². The minimum atomic E-state index is -0.319. The molecule has 0 saturated carbocycles. The number of rotatable bonds is 4. The molecule has 0 spiro atoms. The molecule has 1 heterocycles. The third-order valence-corrected chi connectivity index (χ3v) is 4.99. The summed E-state index contributed by atoms with van der Waals surface area (Å²) < 4.78 is 0. The van der Waals surface area contributed by atoms with Crippen LogP contribution in [0.25, 0.3) is 0 Å². The molecule has 5 nitrogen and oxygen atoms in total. The lowest BCUT2D eigenvalue weighted by molar-refractivity contribution is -0.128. The summed E-state index contributed by atoms with van der Waals surface area (Å²) in [6.45, 7) is 1.02. The molecular weight excluding hydrogens is 290 g/mol. The van der Waals surface area contributed by atoms with Crippen LogP contribution in [0.5, 0.6) is 0 Å². The lowest BCUT2D eigenvalue weighted by Crippen LogP contribution is -2.51. The van der Waals surface area contributed by atoms with Crippen molar-refractivity contribution in [3.8, 4) is 0 Å². The third kappa shape index (κ3) is 3.72. The molecule has 0 radical (unpaired) electrons. The van der Waals surface area contributed by atoms with Gasteiger partial charge in [0.25, 0.3) is 0 Å². The van der Waals surface area contributed by atoms with Gasteiger partial charge in [0, 0.05) is 0 Å². The number of carbonyl (C=O) groups is 2. The highest BCUT2D eigenvalue weighted by Crippen LogP contribution is 2.29. The van der Waals surface area contributed by atoms with Crippen molar-refractivity contribution >= 4 is 11.8 Å². The Kier molecular flexibility index (Phi) is 4.96. The summed E-state index contributed by atoms with van der Waals surface area (Å²) in [5, 5.41) is 3.15. The molecule has 1 fully saturated rings. The van der Waals surface area contributed by atoms with E-state index in [-0.39, 0.29) is 30.4 Å². The number of hydrogen-bond donors (Lipinski definition) is 2. The van der Waals surface area contributed by atoms with Gasteiger partial charge in [-0.25, -0.2) is 0 Å². The van der Waals surface area contributed by atoms with Gasteiger partial charge in [0.05, 0.1) is 18.6 Å². The first-order chi connectivity index (χ1) is 11.1. The molecule has 23 heavy (non-hydrogen) atoms. The van der Waals surface area contributed by atoms with E-state index in [1.807, 2.05) is 17.0 Å². The van der Waals surface area contributed by atoms with E-state index in [4.69, 9.17) is 5.73 Å². The van der Waals surface area contributed by atoms with E-state index in [0.717, 1.165) is 45.1 Å². The summed E-state index contributed by atoms with van der Waals surface area (Å²) in [5.74, 6) is -0.333. The molecule has 3 N–H and O–H groups in total. The van der Waals surface area contributed by atoms with Crippen molar-refractivity contribution in [1.82, 2.24) is 10.2 Å². The van der Waals surface area contributed by atoms with Gasteiger partial charge in [-0.05, 0) is 49.8 Å². The van der Waals surface area contributed by atoms with E-state index in [9.17, 15) is 9.59 Å². The van der Waals surface area contributed by atoms with Gasteiger partial charge in [0.15, 0.2) is 0 Å². The van der Waals surface area contributed by atoms with E-state index in [1.54, 1.807) is 0 Å². The van der Waals surface area contributed by atoms with E-state index >= 15 is 0 Å². The topological polar surface area (TPSA) is 75.4 Å². The van der Waals surface area contributed by atoms with Crippen molar-refractivity contribution in [2.75, 3.05) is 13.1 Å². The number of hydrogen-bond acceptors (Lipinski definition) is 3. The van der Waals surface area contributed by atoms with Crippen LogP contribution in [0, 0.1) is 0 Å². The molecule has 2 atom stereocenters. The Balaban J connectivity index is 1.62. The molecule has 1 aromatic rings. The standard InChI is InChI=1S/C18H25N3O2/c19-18(23)16-10-3-4-11-21(16)12-17(22)20-15-9-5-7-13-6-1-2-8-14(13)15/h1-2,6,8,15-16H,3-5,7,9-12H2,(H2,19,23)(H,20,22)/t15-,16+/m0/s1. The summed E-state index contributed by atoms with van der Waals surface area (Å²) >= 11 is 0. The molecule has 5 heteroatoms. The van der Waals surface area contributed by atoms with Crippen molar-refractivity contribution in [1.29, 1.82) is 0 Å². The Hall–Kier alpha value is -1.88. The van der Waals surface area contributed by atoms with Crippen molar-refractivity contribution < 1.29 is 9.59 Å². The number of primary amides is 1. The van der Waals surface area contributed by atoms with Crippen LogP contribution in [0.1, 0.15) is 49.3 Å². The number of piperidine rings is 1. The lowest BCUT2D eigenvalue weighted by Gasteiger charge is -2.34. The van der Waals surface area contributed by atoms with Crippen LogP contribution in [0.15, 0.2) is 24.3 Å². The molecule has 0 aromatic heterocycles. The van der Waals surface area contributed by atoms with Crippen LogP contribution in [-0.2, 0) is 16.0 Å². The van der Waals surface area contributed by atoms with Gasteiger partial charge in [-0.1, -0.05) is 30.7 Å². The number of aryl methyl sites for hydroxylation is 1. The second kappa shape index (κ2) is 7.13. The number of nitrogens with zero attached hydrogens (tertiary/aromatic N) is 1.